The molecule has 17 heavy (non-hydrogen) atoms. The van der Waals surface area contributed by atoms with Crippen LogP contribution in [0.15, 0.2) is 16.7 Å². The van der Waals surface area contributed by atoms with Gasteiger partial charge in [0.1, 0.15) is 0 Å². The average molecular weight is 299 g/mol. The lowest BCUT2D eigenvalue weighted by molar-refractivity contribution is 0.227. The van der Waals surface area contributed by atoms with Gasteiger partial charge in [-0.15, -0.1) is 0 Å². The van der Waals surface area contributed by atoms with Gasteiger partial charge in [-0.1, -0.05) is 0 Å². The van der Waals surface area contributed by atoms with Gasteiger partial charge in [0.2, 0.25) is 5.88 Å². The minimum atomic E-state index is 0.679. The van der Waals surface area contributed by atoms with Crippen LogP contribution in [0.5, 0.6) is 5.88 Å². The SMILES string of the molecule is Cc1ccnc(OCCC2CCCN2C)c1Br. The second kappa shape index (κ2) is 5.83. The van der Waals surface area contributed by atoms with Crippen LogP contribution < -0.4 is 4.74 Å². The molecule has 0 aliphatic carbocycles. The Morgan fingerprint density at radius 3 is 3.12 bits per heavy atom. The zero-order valence-electron chi connectivity index (χ0n) is 10.4. The fourth-order valence-electron chi connectivity index (χ4n) is 2.25. The minimum absolute atomic E-state index is 0.679. The molecular weight excluding hydrogens is 280 g/mol. The molecule has 2 heterocycles. The third-order valence-electron chi connectivity index (χ3n) is 3.41. The Bertz CT molecular complexity index is 384. The second-order valence-electron chi connectivity index (χ2n) is 4.66. The van der Waals surface area contributed by atoms with Crippen molar-refractivity contribution in [3.8, 4) is 5.88 Å². The quantitative estimate of drug-likeness (QED) is 0.854. The van der Waals surface area contributed by atoms with Crippen LogP contribution in [-0.2, 0) is 0 Å². The predicted octanol–water partition coefficient (Wildman–Crippen LogP) is 3.02. The number of halogens is 1. The third-order valence-corrected chi connectivity index (χ3v) is 4.38. The van der Waals surface area contributed by atoms with Crippen molar-refractivity contribution in [3.63, 3.8) is 0 Å². The van der Waals surface area contributed by atoms with E-state index in [1.165, 1.54) is 19.4 Å². The largest absolute Gasteiger partial charge is 0.477 e. The van der Waals surface area contributed by atoms with Gasteiger partial charge >= 0.3 is 0 Å². The van der Waals surface area contributed by atoms with Crippen molar-refractivity contribution in [2.75, 3.05) is 20.2 Å². The summed E-state index contributed by atoms with van der Waals surface area (Å²) in [5, 5.41) is 0. The summed E-state index contributed by atoms with van der Waals surface area (Å²) in [7, 11) is 2.19. The van der Waals surface area contributed by atoms with Crippen LogP contribution >= 0.6 is 15.9 Å². The van der Waals surface area contributed by atoms with Crippen LogP contribution in [0.4, 0.5) is 0 Å². The van der Waals surface area contributed by atoms with Gasteiger partial charge < -0.3 is 9.64 Å². The number of aromatic nitrogens is 1. The van der Waals surface area contributed by atoms with E-state index in [1.54, 1.807) is 6.20 Å². The maximum Gasteiger partial charge on any atom is 0.228 e. The molecule has 0 bridgehead atoms. The van der Waals surface area contributed by atoms with E-state index in [-0.39, 0.29) is 0 Å². The summed E-state index contributed by atoms with van der Waals surface area (Å²) in [5.74, 6) is 0.714. The maximum atomic E-state index is 5.74. The van der Waals surface area contributed by atoms with Gasteiger partial charge in [0.25, 0.3) is 0 Å². The Morgan fingerprint density at radius 2 is 2.41 bits per heavy atom. The van der Waals surface area contributed by atoms with Crippen LogP contribution in [-0.4, -0.2) is 36.1 Å². The highest BCUT2D eigenvalue weighted by molar-refractivity contribution is 9.10. The van der Waals surface area contributed by atoms with E-state index in [0.29, 0.717) is 11.9 Å². The summed E-state index contributed by atoms with van der Waals surface area (Å²) < 4.78 is 6.72. The van der Waals surface area contributed by atoms with Gasteiger partial charge in [-0.05, 0) is 67.3 Å². The molecule has 1 saturated heterocycles. The molecule has 1 atom stereocenters. The first kappa shape index (κ1) is 12.8. The monoisotopic (exact) mass is 298 g/mol. The molecule has 4 heteroatoms. The molecule has 1 fully saturated rings. The normalized spacial score (nSPS) is 20.8. The number of likely N-dealkylation sites (tertiary alicyclic amines) is 1. The van der Waals surface area contributed by atoms with E-state index in [4.69, 9.17) is 4.74 Å². The first-order valence-corrected chi connectivity index (χ1v) is 6.92. The van der Waals surface area contributed by atoms with E-state index in [2.05, 4.69) is 32.9 Å². The zero-order chi connectivity index (χ0) is 12.3. The topological polar surface area (TPSA) is 25.4 Å². The van der Waals surface area contributed by atoms with Gasteiger partial charge in [-0.3, -0.25) is 0 Å². The fourth-order valence-corrected chi connectivity index (χ4v) is 2.60. The fraction of sp³-hybridized carbons (Fsp3) is 0.615. The number of nitrogens with zero attached hydrogens (tertiary/aromatic N) is 2. The van der Waals surface area contributed by atoms with Gasteiger partial charge in [0.05, 0.1) is 11.1 Å². The van der Waals surface area contributed by atoms with E-state index < -0.39 is 0 Å². The summed E-state index contributed by atoms with van der Waals surface area (Å²) in [4.78, 5) is 6.66. The van der Waals surface area contributed by atoms with Gasteiger partial charge in [0.15, 0.2) is 0 Å². The van der Waals surface area contributed by atoms with Crippen molar-refractivity contribution in [2.45, 2.75) is 32.2 Å². The van der Waals surface area contributed by atoms with Crippen molar-refractivity contribution in [3.05, 3.63) is 22.3 Å². The van der Waals surface area contributed by atoms with Gasteiger partial charge in [-0.25, -0.2) is 4.98 Å². The standard InChI is InChI=1S/C13H19BrN2O/c1-10-5-7-15-13(12(10)14)17-9-6-11-4-3-8-16(11)2/h5,7,11H,3-4,6,8-9H2,1-2H3. The van der Waals surface area contributed by atoms with E-state index in [1.807, 2.05) is 13.0 Å². The first-order chi connectivity index (χ1) is 8.18. The molecule has 1 aromatic rings. The molecule has 1 unspecified atom stereocenters. The van der Waals surface area contributed by atoms with Crippen LogP contribution in [0.2, 0.25) is 0 Å². The average Bonchev–Trinajstić information content (AvgIpc) is 2.71. The molecule has 0 N–H and O–H groups in total. The Kier molecular flexibility index (Phi) is 4.40. The zero-order valence-corrected chi connectivity index (χ0v) is 12.0. The number of aryl methyl sites for hydroxylation is 1. The van der Waals surface area contributed by atoms with Crippen LogP contribution in [0.3, 0.4) is 0 Å². The molecule has 94 valence electrons. The molecule has 0 radical (unpaired) electrons. The summed E-state index contributed by atoms with van der Waals surface area (Å²) in [6.07, 6.45) is 5.48. The van der Waals surface area contributed by atoms with E-state index in [9.17, 15) is 0 Å². The van der Waals surface area contributed by atoms with Gasteiger partial charge in [-0.2, -0.15) is 0 Å². The van der Waals surface area contributed by atoms with Crippen LogP contribution in [0, 0.1) is 6.92 Å². The number of rotatable bonds is 4. The predicted molar refractivity (Wildman–Crippen MR) is 72.4 cm³/mol. The molecular formula is C13H19BrN2O. The lowest BCUT2D eigenvalue weighted by atomic mass is 10.1. The molecule has 1 aliphatic rings. The molecule has 2 rings (SSSR count). The maximum absolute atomic E-state index is 5.74. The van der Waals surface area contributed by atoms with Crippen molar-refractivity contribution in [1.29, 1.82) is 0 Å². The highest BCUT2D eigenvalue weighted by Crippen LogP contribution is 2.26. The van der Waals surface area contributed by atoms with Crippen LogP contribution in [0.1, 0.15) is 24.8 Å². The summed E-state index contributed by atoms with van der Waals surface area (Å²) in [5.41, 5.74) is 1.16. The number of ether oxygens (including phenoxy) is 1. The third kappa shape index (κ3) is 3.19. The van der Waals surface area contributed by atoms with Gasteiger partial charge in [0, 0.05) is 12.2 Å². The molecule has 0 aromatic carbocycles. The smallest absolute Gasteiger partial charge is 0.228 e. The minimum Gasteiger partial charge on any atom is -0.477 e. The summed E-state index contributed by atoms with van der Waals surface area (Å²) in [6.45, 7) is 4.00. The van der Waals surface area contributed by atoms with E-state index >= 15 is 0 Å². The number of hydrogen-bond acceptors (Lipinski definition) is 3. The molecule has 1 aromatic heterocycles. The molecule has 0 amide bonds. The Hall–Kier alpha value is -0.610. The van der Waals surface area contributed by atoms with E-state index in [0.717, 1.165) is 23.1 Å². The van der Waals surface area contributed by atoms with Crippen molar-refractivity contribution in [2.24, 2.45) is 0 Å². The number of pyridine rings is 1. The highest BCUT2D eigenvalue weighted by Gasteiger charge is 2.20. The summed E-state index contributed by atoms with van der Waals surface area (Å²) in [6, 6.07) is 2.65. The van der Waals surface area contributed by atoms with Crippen molar-refractivity contribution in [1.82, 2.24) is 9.88 Å². The molecule has 3 nitrogen and oxygen atoms in total. The summed E-state index contributed by atoms with van der Waals surface area (Å²) >= 11 is 3.51. The van der Waals surface area contributed by atoms with Crippen LogP contribution in [0.25, 0.3) is 0 Å². The number of hydrogen-bond donors (Lipinski definition) is 0. The Balaban J connectivity index is 1.84. The molecule has 0 saturated carbocycles. The lowest BCUT2D eigenvalue weighted by Crippen LogP contribution is -2.26. The second-order valence-corrected chi connectivity index (χ2v) is 5.45. The van der Waals surface area contributed by atoms with Crippen molar-refractivity contribution < 1.29 is 4.74 Å². The van der Waals surface area contributed by atoms with Crippen molar-refractivity contribution >= 4 is 15.9 Å². The lowest BCUT2D eigenvalue weighted by Gasteiger charge is -2.19. The first-order valence-electron chi connectivity index (χ1n) is 6.12. The molecule has 1 aliphatic heterocycles. The Labute approximate surface area is 111 Å². The molecule has 0 spiro atoms. The highest BCUT2D eigenvalue weighted by atomic mass is 79.9. The Morgan fingerprint density at radius 1 is 1.59 bits per heavy atom.